The van der Waals surface area contributed by atoms with Gasteiger partial charge in [-0.05, 0) is 45.4 Å². The van der Waals surface area contributed by atoms with E-state index < -0.39 is 98.8 Å². The van der Waals surface area contributed by atoms with Crippen molar-refractivity contribution in [2.75, 3.05) is 20.0 Å². The third-order valence-corrected chi connectivity index (χ3v) is 9.77. The van der Waals surface area contributed by atoms with E-state index in [2.05, 4.69) is 15.4 Å². The van der Waals surface area contributed by atoms with Crippen LogP contribution in [0.1, 0.15) is 39.5 Å². The van der Waals surface area contributed by atoms with Gasteiger partial charge in [0.25, 0.3) is 5.56 Å². The van der Waals surface area contributed by atoms with Gasteiger partial charge >= 0.3 is 31.3 Å². The number of ether oxygens (including phenoxy) is 4. The molecule has 1 unspecified atom stereocenters. The van der Waals surface area contributed by atoms with Crippen molar-refractivity contribution in [3.05, 3.63) is 99.3 Å². The average molecular weight is 779 g/mol. The predicted octanol–water partition coefficient (Wildman–Crippen LogP) is 2.64. The molecule has 2 heterocycles. The maximum Gasteiger partial charge on any atom is 0.407 e. The molecular formula is C35H44FN4O13P. The lowest BCUT2D eigenvalue weighted by Gasteiger charge is -2.25. The number of nitrogens with one attached hydrogen (secondary N) is 2. The molecule has 19 heteroatoms. The molecule has 1 amide bonds. The third kappa shape index (κ3) is 10.9. The molecule has 294 valence electrons. The van der Waals surface area contributed by atoms with E-state index >= 15 is 4.39 Å². The van der Waals surface area contributed by atoms with Gasteiger partial charge < -0.3 is 33.9 Å². The van der Waals surface area contributed by atoms with E-state index in [0.717, 1.165) is 26.3 Å². The van der Waals surface area contributed by atoms with E-state index in [9.17, 15) is 33.6 Å². The van der Waals surface area contributed by atoms with Gasteiger partial charge in [0.05, 0.1) is 19.8 Å². The molecular weight excluding hydrogens is 734 g/mol. The Morgan fingerprint density at radius 2 is 1.67 bits per heavy atom. The number of nitrogens with zero attached hydrogens (tertiary/aromatic N) is 2. The minimum absolute atomic E-state index is 0.0107. The number of alkyl halides is 1. The quantitative estimate of drug-likeness (QED) is 0.102. The summed E-state index contributed by atoms with van der Waals surface area (Å²) in [6.45, 7) is 4.16. The highest BCUT2D eigenvalue weighted by atomic mass is 31.2. The number of carbonyl (C=O) groups excluding carboxylic acids is 3. The molecule has 3 aromatic rings. The van der Waals surface area contributed by atoms with Crippen LogP contribution in [0, 0.1) is 0 Å². The van der Waals surface area contributed by atoms with E-state index in [-0.39, 0.29) is 12.2 Å². The standard InChI is InChI=1S/C35H44FN4O13P/c1-22(2)51-30(43)23(3)37-20-54(47,53-25-14-10-7-11-15-25)50-19-27-29(42)35(4,36)32(52-27)39-17-16-28(41)40(34(39)46)21-49-31(44)26(38-33(45)48-5)18-24-12-8-6-9-13-24/h6-17,22-23,26-27,29,32,37,42H,18-21H2,1-5H3,(H,38,45)/t23-,26-,27+,29+,32+,35+,54?/m0/s1. The number of carbonyl (C=O) groups is 3. The molecule has 2 aromatic carbocycles. The van der Waals surface area contributed by atoms with Crippen molar-refractivity contribution in [1.29, 1.82) is 0 Å². The summed E-state index contributed by atoms with van der Waals surface area (Å²) >= 11 is 0. The number of amides is 1. The molecule has 0 bridgehead atoms. The van der Waals surface area contributed by atoms with E-state index in [0.29, 0.717) is 14.7 Å². The van der Waals surface area contributed by atoms with Crippen LogP contribution >= 0.6 is 7.60 Å². The zero-order valence-electron chi connectivity index (χ0n) is 30.3. The highest BCUT2D eigenvalue weighted by molar-refractivity contribution is 7.54. The second-order valence-corrected chi connectivity index (χ2v) is 14.7. The fourth-order valence-electron chi connectivity index (χ4n) is 5.25. The Morgan fingerprint density at radius 3 is 2.30 bits per heavy atom. The van der Waals surface area contributed by atoms with Crippen LogP contribution in [0.2, 0.25) is 0 Å². The molecule has 0 spiro atoms. The second-order valence-electron chi connectivity index (χ2n) is 12.7. The number of aliphatic hydroxyl groups excluding tert-OH is 1. The van der Waals surface area contributed by atoms with E-state index in [1.54, 1.807) is 62.4 Å². The first kappa shape index (κ1) is 41.9. The molecule has 1 aliphatic heterocycles. The van der Waals surface area contributed by atoms with Gasteiger partial charge in [-0.15, -0.1) is 0 Å². The summed E-state index contributed by atoms with van der Waals surface area (Å²) in [6, 6.07) is 15.3. The zero-order valence-corrected chi connectivity index (χ0v) is 31.2. The van der Waals surface area contributed by atoms with Crippen LogP contribution in [0.15, 0.2) is 82.5 Å². The summed E-state index contributed by atoms with van der Waals surface area (Å²) in [6.07, 6.45) is -6.20. The molecule has 0 aliphatic carbocycles. The van der Waals surface area contributed by atoms with Crippen molar-refractivity contribution in [2.45, 2.75) is 83.1 Å². The van der Waals surface area contributed by atoms with Gasteiger partial charge in [0.15, 0.2) is 18.6 Å². The Balaban J connectivity index is 1.50. The lowest BCUT2D eigenvalue weighted by atomic mass is 9.98. The summed E-state index contributed by atoms with van der Waals surface area (Å²) < 4.78 is 63.4. The average Bonchev–Trinajstić information content (AvgIpc) is 3.36. The minimum atomic E-state index is -4.19. The zero-order chi connectivity index (χ0) is 39.6. The molecule has 4 rings (SSSR count). The van der Waals surface area contributed by atoms with Gasteiger partial charge in [0.1, 0.15) is 36.3 Å². The van der Waals surface area contributed by atoms with Crippen molar-refractivity contribution in [3.63, 3.8) is 0 Å². The first-order chi connectivity index (χ1) is 25.5. The monoisotopic (exact) mass is 778 g/mol. The number of hydrogen-bond donors (Lipinski definition) is 3. The normalized spacial score (nSPS) is 21.7. The Labute approximate surface area is 309 Å². The topological polar surface area (TPSA) is 212 Å². The maximum absolute atomic E-state index is 16.2. The minimum Gasteiger partial charge on any atom is -0.462 e. The van der Waals surface area contributed by atoms with Crippen LogP contribution in [0.3, 0.4) is 0 Å². The molecule has 1 saturated heterocycles. The number of aromatic nitrogens is 2. The van der Waals surface area contributed by atoms with E-state index in [4.69, 9.17) is 23.3 Å². The van der Waals surface area contributed by atoms with Crippen molar-refractivity contribution >= 4 is 25.6 Å². The van der Waals surface area contributed by atoms with Crippen LogP contribution in [-0.4, -0.2) is 88.3 Å². The van der Waals surface area contributed by atoms with E-state index in [1.165, 1.54) is 19.1 Å². The van der Waals surface area contributed by atoms with Crippen LogP contribution in [0.4, 0.5) is 9.18 Å². The Hall–Kier alpha value is -4.87. The number of rotatable bonds is 17. The number of methoxy groups -OCH3 is 1. The largest absolute Gasteiger partial charge is 0.462 e. The summed E-state index contributed by atoms with van der Waals surface area (Å²) in [7, 11) is -3.09. The first-order valence-electron chi connectivity index (χ1n) is 16.9. The van der Waals surface area contributed by atoms with Crippen molar-refractivity contribution < 1.29 is 56.4 Å². The number of benzene rings is 2. The molecule has 17 nitrogen and oxygen atoms in total. The number of esters is 2. The van der Waals surface area contributed by atoms with Crippen molar-refractivity contribution in [2.24, 2.45) is 0 Å². The molecule has 54 heavy (non-hydrogen) atoms. The van der Waals surface area contributed by atoms with Crippen molar-refractivity contribution in [1.82, 2.24) is 19.8 Å². The second kappa shape index (κ2) is 18.4. The van der Waals surface area contributed by atoms with Gasteiger partial charge in [-0.1, -0.05) is 48.5 Å². The molecule has 1 aromatic heterocycles. The van der Waals surface area contributed by atoms with Gasteiger partial charge in [0, 0.05) is 18.7 Å². The lowest BCUT2D eigenvalue weighted by Crippen LogP contribution is -2.47. The fourth-order valence-corrected chi connectivity index (χ4v) is 6.78. The summed E-state index contributed by atoms with van der Waals surface area (Å²) in [5, 5.41) is 16.1. The highest BCUT2D eigenvalue weighted by Crippen LogP contribution is 2.49. The summed E-state index contributed by atoms with van der Waals surface area (Å²) in [5.41, 5.74) is -4.10. The van der Waals surface area contributed by atoms with Crippen LogP contribution < -0.4 is 26.4 Å². The molecule has 0 saturated carbocycles. The predicted molar refractivity (Wildman–Crippen MR) is 189 cm³/mol. The van der Waals surface area contributed by atoms with Crippen LogP contribution in [-0.2, 0) is 50.8 Å². The Bertz CT molecular complexity index is 1910. The van der Waals surface area contributed by atoms with Crippen LogP contribution in [0.25, 0.3) is 0 Å². The van der Waals surface area contributed by atoms with Gasteiger partial charge in [-0.25, -0.2) is 27.9 Å². The van der Waals surface area contributed by atoms with E-state index in [1.807, 2.05) is 0 Å². The smallest absolute Gasteiger partial charge is 0.407 e. The fraction of sp³-hybridized carbons (Fsp3) is 0.457. The van der Waals surface area contributed by atoms with Gasteiger partial charge in [0.2, 0.25) is 0 Å². The molecule has 1 aliphatic rings. The number of halogens is 1. The van der Waals surface area contributed by atoms with Gasteiger partial charge in [-0.2, -0.15) is 0 Å². The molecule has 7 atom stereocenters. The maximum atomic E-state index is 16.2. The summed E-state index contributed by atoms with van der Waals surface area (Å²) in [4.78, 5) is 63.6. The Kier molecular flexibility index (Phi) is 14.3. The van der Waals surface area contributed by atoms with Crippen LogP contribution in [0.5, 0.6) is 5.75 Å². The van der Waals surface area contributed by atoms with Gasteiger partial charge in [-0.3, -0.25) is 24.0 Å². The SMILES string of the molecule is COC(=O)N[C@@H](Cc1ccccc1)C(=O)OCn1c(=O)ccn([C@@H]2O[C@H](COP(=O)(CN[C@@H](C)C(=O)OC(C)C)Oc3ccccc3)[C@@H](O)[C@@]2(C)F)c1=O. The number of aliphatic hydroxyl groups is 1. The first-order valence-corrected chi connectivity index (χ1v) is 18.6. The highest BCUT2D eigenvalue weighted by Gasteiger charge is 2.56. The number of para-hydroxylation sites is 1. The number of alkyl carbamates (subject to hydrolysis) is 1. The molecule has 3 N–H and O–H groups in total. The molecule has 0 radical (unpaired) electrons. The number of hydrogen-bond acceptors (Lipinski definition) is 14. The third-order valence-electron chi connectivity index (χ3n) is 8.17. The Morgan fingerprint density at radius 1 is 1.02 bits per heavy atom. The van der Waals surface area contributed by atoms with Crippen molar-refractivity contribution in [3.8, 4) is 5.75 Å². The lowest BCUT2D eigenvalue weighted by molar-refractivity contribution is -0.150. The molecule has 1 fully saturated rings. The summed E-state index contributed by atoms with van der Waals surface area (Å²) in [5.74, 6) is -1.47.